The third-order valence-corrected chi connectivity index (χ3v) is 1.46. The van der Waals surface area contributed by atoms with Crippen molar-refractivity contribution in [2.45, 2.75) is 13.3 Å². The van der Waals surface area contributed by atoms with E-state index >= 15 is 0 Å². The molecule has 0 aliphatic carbocycles. The lowest BCUT2D eigenvalue weighted by Gasteiger charge is -1.85. The van der Waals surface area contributed by atoms with Crippen molar-refractivity contribution in [3.8, 4) is 11.6 Å². The number of hydrogen-bond donors (Lipinski definition) is 0. The first-order chi connectivity index (χ1) is 5.92. The number of rotatable bonds is 2. The number of aromatic nitrogens is 4. The maximum atomic E-state index is 4.80. The molecule has 0 saturated heterocycles. The highest BCUT2D eigenvalue weighted by atomic mass is 16.6. The van der Waals surface area contributed by atoms with Gasteiger partial charge in [0.1, 0.15) is 5.69 Å². The molecule has 0 atom stereocenters. The van der Waals surface area contributed by atoms with E-state index in [0.717, 1.165) is 12.1 Å². The molecule has 0 spiro atoms. The monoisotopic (exact) mass is 166 g/mol. The van der Waals surface area contributed by atoms with Crippen molar-refractivity contribution >= 4 is 0 Å². The van der Waals surface area contributed by atoms with Crippen LogP contribution in [0.25, 0.3) is 11.6 Å². The van der Waals surface area contributed by atoms with E-state index in [1.807, 2.05) is 6.92 Å². The average Bonchev–Trinajstić information content (AvgIpc) is 2.74. The molecule has 0 aromatic carbocycles. The van der Waals surface area contributed by atoms with E-state index in [1.165, 1.54) is 6.33 Å². The Balaban J connectivity index is 2.46. The summed E-state index contributed by atoms with van der Waals surface area (Å²) in [7, 11) is 0. The molecule has 0 fully saturated rings. The predicted octanol–water partition coefficient (Wildman–Crippen LogP) is 0.682. The minimum Gasteiger partial charge on any atom is -0.332 e. The van der Waals surface area contributed by atoms with Crippen LogP contribution in [0.1, 0.15) is 12.6 Å². The molecule has 6 nitrogen and oxygen atoms in total. The molecule has 0 unspecified atom stereocenters. The Kier molecular flexibility index (Phi) is 1.58. The minimum absolute atomic E-state index is 0.341. The predicted molar refractivity (Wildman–Crippen MR) is 37.0 cm³/mol. The van der Waals surface area contributed by atoms with Crippen molar-refractivity contribution in [3.05, 3.63) is 12.0 Å². The summed E-state index contributed by atoms with van der Waals surface area (Å²) in [5.41, 5.74) is 1.24. The van der Waals surface area contributed by atoms with Crippen LogP contribution in [-0.4, -0.2) is 20.5 Å². The summed E-state index contributed by atoms with van der Waals surface area (Å²) in [6.45, 7) is 1.94. The van der Waals surface area contributed by atoms with Gasteiger partial charge in [0, 0.05) is 0 Å². The summed E-state index contributed by atoms with van der Waals surface area (Å²) in [6, 6.07) is 0. The van der Waals surface area contributed by atoms with Crippen molar-refractivity contribution in [2.75, 3.05) is 0 Å². The summed E-state index contributed by atoms with van der Waals surface area (Å²) >= 11 is 0. The molecule has 2 aromatic heterocycles. The van der Waals surface area contributed by atoms with E-state index in [2.05, 4.69) is 25.1 Å². The zero-order valence-electron chi connectivity index (χ0n) is 6.39. The SMILES string of the molecule is CCc1nonc1-c1ncno1. The van der Waals surface area contributed by atoms with E-state index in [-0.39, 0.29) is 0 Å². The van der Waals surface area contributed by atoms with Crippen LogP contribution in [0.5, 0.6) is 0 Å². The Morgan fingerprint density at radius 2 is 2.33 bits per heavy atom. The average molecular weight is 166 g/mol. The van der Waals surface area contributed by atoms with Gasteiger partial charge < -0.3 is 4.52 Å². The quantitative estimate of drug-likeness (QED) is 0.652. The molecule has 2 aromatic rings. The van der Waals surface area contributed by atoms with Gasteiger partial charge in [-0.15, -0.1) is 0 Å². The Morgan fingerprint density at radius 1 is 1.42 bits per heavy atom. The second-order valence-corrected chi connectivity index (χ2v) is 2.16. The molecule has 0 aliphatic rings. The Bertz CT molecular complexity index is 353. The van der Waals surface area contributed by atoms with Gasteiger partial charge in [0.05, 0.1) is 0 Å². The van der Waals surface area contributed by atoms with E-state index in [1.54, 1.807) is 0 Å². The number of hydrogen-bond acceptors (Lipinski definition) is 6. The first kappa shape index (κ1) is 6.96. The van der Waals surface area contributed by atoms with Crippen LogP contribution in [0.2, 0.25) is 0 Å². The molecular formula is C6H6N4O2. The fraction of sp³-hybridized carbons (Fsp3) is 0.333. The fourth-order valence-corrected chi connectivity index (χ4v) is 0.878. The maximum Gasteiger partial charge on any atom is 0.281 e. The first-order valence-electron chi connectivity index (χ1n) is 3.50. The van der Waals surface area contributed by atoms with E-state index < -0.39 is 0 Å². The lowest BCUT2D eigenvalue weighted by molar-refractivity contribution is 0.303. The Morgan fingerprint density at radius 3 is 3.00 bits per heavy atom. The first-order valence-corrected chi connectivity index (χ1v) is 3.50. The summed E-state index contributed by atoms with van der Waals surface area (Å²) in [5.74, 6) is 0.341. The summed E-state index contributed by atoms with van der Waals surface area (Å²) < 4.78 is 9.33. The molecule has 0 bridgehead atoms. The maximum absolute atomic E-state index is 4.80. The van der Waals surface area contributed by atoms with Crippen molar-refractivity contribution in [2.24, 2.45) is 0 Å². The third-order valence-electron chi connectivity index (χ3n) is 1.46. The van der Waals surface area contributed by atoms with Gasteiger partial charge in [-0.1, -0.05) is 17.2 Å². The molecule has 12 heavy (non-hydrogen) atoms. The second-order valence-electron chi connectivity index (χ2n) is 2.16. The molecule has 6 heteroatoms. The topological polar surface area (TPSA) is 77.8 Å². The molecule has 0 amide bonds. The standard InChI is InChI=1S/C6H6N4O2/c1-2-4-5(10-12-9-4)6-7-3-8-11-6/h3H,2H2,1H3. The minimum atomic E-state index is 0.341. The zero-order valence-corrected chi connectivity index (χ0v) is 6.39. The van der Waals surface area contributed by atoms with Crippen LogP contribution < -0.4 is 0 Å². The molecule has 0 radical (unpaired) electrons. The molecule has 0 saturated carbocycles. The van der Waals surface area contributed by atoms with E-state index in [4.69, 9.17) is 4.52 Å². The fourth-order valence-electron chi connectivity index (χ4n) is 0.878. The summed E-state index contributed by atoms with van der Waals surface area (Å²) in [5, 5.41) is 10.8. The second kappa shape index (κ2) is 2.72. The van der Waals surface area contributed by atoms with Crippen molar-refractivity contribution in [1.82, 2.24) is 20.5 Å². The Hall–Kier alpha value is -1.72. The van der Waals surface area contributed by atoms with Gasteiger partial charge in [0.15, 0.2) is 12.0 Å². The molecule has 2 rings (SSSR count). The lowest BCUT2D eigenvalue weighted by atomic mass is 10.3. The Labute approximate surface area is 67.5 Å². The molecule has 0 aliphatic heterocycles. The highest BCUT2D eigenvalue weighted by Gasteiger charge is 2.14. The van der Waals surface area contributed by atoms with Gasteiger partial charge in [-0.2, -0.15) is 4.98 Å². The largest absolute Gasteiger partial charge is 0.332 e. The van der Waals surface area contributed by atoms with Gasteiger partial charge in [-0.3, -0.25) is 0 Å². The third kappa shape index (κ3) is 0.969. The van der Waals surface area contributed by atoms with Crippen molar-refractivity contribution in [3.63, 3.8) is 0 Å². The van der Waals surface area contributed by atoms with Gasteiger partial charge in [0.25, 0.3) is 5.89 Å². The van der Waals surface area contributed by atoms with Crippen LogP contribution in [0.4, 0.5) is 0 Å². The van der Waals surface area contributed by atoms with Crippen molar-refractivity contribution in [1.29, 1.82) is 0 Å². The zero-order chi connectivity index (χ0) is 8.39. The summed E-state index contributed by atoms with van der Waals surface area (Å²) in [4.78, 5) is 3.83. The highest BCUT2D eigenvalue weighted by Crippen LogP contribution is 2.16. The van der Waals surface area contributed by atoms with Gasteiger partial charge in [-0.25, -0.2) is 4.63 Å². The number of aryl methyl sites for hydroxylation is 1. The van der Waals surface area contributed by atoms with Crippen LogP contribution in [-0.2, 0) is 6.42 Å². The van der Waals surface area contributed by atoms with Gasteiger partial charge in [0.2, 0.25) is 0 Å². The molecule has 2 heterocycles. The highest BCUT2D eigenvalue weighted by molar-refractivity contribution is 5.48. The normalized spacial score (nSPS) is 10.4. The molecular weight excluding hydrogens is 160 g/mol. The molecule has 0 N–H and O–H groups in total. The van der Waals surface area contributed by atoms with Gasteiger partial charge >= 0.3 is 0 Å². The van der Waals surface area contributed by atoms with E-state index in [0.29, 0.717) is 11.6 Å². The smallest absolute Gasteiger partial charge is 0.281 e. The lowest BCUT2D eigenvalue weighted by Crippen LogP contribution is -1.85. The van der Waals surface area contributed by atoms with Gasteiger partial charge in [-0.05, 0) is 11.6 Å². The van der Waals surface area contributed by atoms with Crippen LogP contribution in [0.15, 0.2) is 15.5 Å². The van der Waals surface area contributed by atoms with E-state index in [9.17, 15) is 0 Å². The van der Waals surface area contributed by atoms with Crippen LogP contribution >= 0.6 is 0 Å². The summed E-state index contributed by atoms with van der Waals surface area (Å²) in [6.07, 6.45) is 2.03. The van der Waals surface area contributed by atoms with Crippen LogP contribution in [0, 0.1) is 0 Å². The molecule has 62 valence electrons. The van der Waals surface area contributed by atoms with Crippen molar-refractivity contribution < 1.29 is 9.15 Å². The van der Waals surface area contributed by atoms with Crippen LogP contribution in [0.3, 0.4) is 0 Å². The number of nitrogens with zero attached hydrogens (tertiary/aromatic N) is 4.